The first kappa shape index (κ1) is 13.1. The maximum atomic E-state index is 11.0. The van der Waals surface area contributed by atoms with Crippen LogP contribution in [0, 0.1) is 12.8 Å². The summed E-state index contributed by atoms with van der Waals surface area (Å²) in [6.07, 6.45) is 5.16. The highest BCUT2D eigenvalue weighted by Crippen LogP contribution is 2.24. The van der Waals surface area contributed by atoms with Gasteiger partial charge in [0.15, 0.2) is 0 Å². The van der Waals surface area contributed by atoms with E-state index in [-0.39, 0.29) is 0 Å². The number of aryl methyl sites for hydroxylation is 1. The zero-order valence-electron chi connectivity index (χ0n) is 11.1. The van der Waals surface area contributed by atoms with E-state index in [0.29, 0.717) is 17.5 Å². The van der Waals surface area contributed by atoms with E-state index >= 15 is 0 Å². The van der Waals surface area contributed by atoms with Gasteiger partial charge in [-0.2, -0.15) is 0 Å². The molecule has 4 heteroatoms. The molecule has 1 aromatic rings. The number of hydrogen-bond acceptors (Lipinski definition) is 2. The number of aromatic carboxylic acids is 1. The van der Waals surface area contributed by atoms with Crippen molar-refractivity contribution in [3.63, 3.8) is 0 Å². The minimum atomic E-state index is -0.860. The van der Waals surface area contributed by atoms with E-state index in [0.717, 1.165) is 17.9 Å². The van der Waals surface area contributed by atoms with E-state index in [1.807, 2.05) is 0 Å². The van der Waals surface area contributed by atoms with E-state index in [1.165, 1.54) is 25.7 Å². The number of aromatic amines is 1. The Balaban J connectivity index is 1.93. The Morgan fingerprint density at radius 2 is 2.22 bits per heavy atom. The fraction of sp³-hybridized carbons (Fsp3) is 0.643. The molecule has 4 nitrogen and oxygen atoms in total. The molecule has 2 unspecified atom stereocenters. The van der Waals surface area contributed by atoms with Crippen LogP contribution in [0.25, 0.3) is 0 Å². The standard InChI is InChI=1S/C14H22N2O2/c1-9-5-3-4-6-13(9)15-8-11-7-12(14(17)18)10(2)16-11/h7,9,13,15-16H,3-6,8H2,1-2H3,(H,17,18). The van der Waals surface area contributed by atoms with Crippen molar-refractivity contribution >= 4 is 5.97 Å². The number of hydrogen-bond donors (Lipinski definition) is 3. The molecule has 18 heavy (non-hydrogen) atoms. The van der Waals surface area contributed by atoms with Gasteiger partial charge < -0.3 is 15.4 Å². The van der Waals surface area contributed by atoms with Gasteiger partial charge in [0.2, 0.25) is 0 Å². The monoisotopic (exact) mass is 250 g/mol. The molecule has 3 N–H and O–H groups in total. The fourth-order valence-electron chi connectivity index (χ4n) is 2.80. The fourth-order valence-corrected chi connectivity index (χ4v) is 2.80. The topological polar surface area (TPSA) is 65.1 Å². The van der Waals surface area contributed by atoms with Crippen molar-refractivity contribution < 1.29 is 9.90 Å². The molecule has 2 atom stereocenters. The van der Waals surface area contributed by atoms with Gasteiger partial charge in [0, 0.05) is 24.0 Å². The van der Waals surface area contributed by atoms with E-state index in [4.69, 9.17) is 5.11 Å². The predicted molar refractivity (Wildman–Crippen MR) is 70.7 cm³/mol. The second kappa shape index (κ2) is 5.57. The van der Waals surface area contributed by atoms with Crippen molar-refractivity contribution in [2.24, 2.45) is 5.92 Å². The molecular weight excluding hydrogens is 228 g/mol. The molecule has 0 amide bonds. The first-order valence-corrected chi connectivity index (χ1v) is 6.73. The molecule has 2 rings (SSSR count). The molecule has 1 aliphatic rings. The number of rotatable bonds is 4. The van der Waals surface area contributed by atoms with Crippen molar-refractivity contribution in [3.8, 4) is 0 Å². The molecule has 0 radical (unpaired) electrons. The van der Waals surface area contributed by atoms with Gasteiger partial charge >= 0.3 is 5.97 Å². The largest absolute Gasteiger partial charge is 0.478 e. The van der Waals surface area contributed by atoms with Crippen molar-refractivity contribution in [1.82, 2.24) is 10.3 Å². The highest BCUT2D eigenvalue weighted by atomic mass is 16.4. The molecule has 1 saturated carbocycles. The molecule has 1 aliphatic carbocycles. The van der Waals surface area contributed by atoms with Gasteiger partial charge in [-0.05, 0) is 31.7 Å². The van der Waals surface area contributed by atoms with Crippen LogP contribution in [0.5, 0.6) is 0 Å². The summed E-state index contributed by atoms with van der Waals surface area (Å²) in [7, 11) is 0. The van der Waals surface area contributed by atoms with Crippen molar-refractivity contribution in [3.05, 3.63) is 23.0 Å². The lowest BCUT2D eigenvalue weighted by molar-refractivity contribution is 0.0696. The zero-order valence-corrected chi connectivity index (χ0v) is 11.1. The minimum Gasteiger partial charge on any atom is -0.478 e. The molecule has 0 saturated heterocycles. The zero-order chi connectivity index (χ0) is 13.1. The van der Waals surface area contributed by atoms with Crippen LogP contribution in [0.15, 0.2) is 6.07 Å². The average molecular weight is 250 g/mol. The van der Waals surface area contributed by atoms with Crippen LogP contribution in [0.4, 0.5) is 0 Å². The summed E-state index contributed by atoms with van der Waals surface area (Å²) >= 11 is 0. The molecule has 1 aromatic heterocycles. The number of carboxylic acids is 1. The van der Waals surface area contributed by atoms with E-state index in [9.17, 15) is 4.79 Å². The molecule has 1 heterocycles. The van der Waals surface area contributed by atoms with Gasteiger partial charge in [-0.15, -0.1) is 0 Å². The maximum absolute atomic E-state index is 11.0. The number of aromatic nitrogens is 1. The summed E-state index contributed by atoms with van der Waals surface area (Å²) in [5, 5.41) is 12.5. The van der Waals surface area contributed by atoms with Gasteiger partial charge in [-0.25, -0.2) is 4.79 Å². The van der Waals surface area contributed by atoms with Gasteiger partial charge in [0.25, 0.3) is 0 Å². The quantitative estimate of drug-likeness (QED) is 0.769. The Bertz CT molecular complexity index is 425. The van der Waals surface area contributed by atoms with Gasteiger partial charge in [0.05, 0.1) is 5.56 Å². The Morgan fingerprint density at radius 3 is 2.83 bits per heavy atom. The second-order valence-corrected chi connectivity index (χ2v) is 5.39. The first-order valence-electron chi connectivity index (χ1n) is 6.73. The Morgan fingerprint density at radius 1 is 1.50 bits per heavy atom. The van der Waals surface area contributed by atoms with E-state index in [1.54, 1.807) is 13.0 Å². The number of H-pyrrole nitrogens is 1. The number of carboxylic acid groups (broad SMARTS) is 1. The Kier molecular flexibility index (Phi) is 4.07. The predicted octanol–water partition coefficient (Wildman–Crippen LogP) is 2.69. The lowest BCUT2D eigenvalue weighted by Crippen LogP contribution is -2.36. The highest BCUT2D eigenvalue weighted by Gasteiger charge is 2.21. The van der Waals surface area contributed by atoms with Crippen molar-refractivity contribution in [2.75, 3.05) is 0 Å². The lowest BCUT2D eigenvalue weighted by atomic mass is 9.86. The van der Waals surface area contributed by atoms with E-state index < -0.39 is 5.97 Å². The summed E-state index contributed by atoms with van der Waals surface area (Å²) in [5.41, 5.74) is 2.07. The SMILES string of the molecule is Cc1[nH]c(CNC2CCCCC2C)cc1C(=O)O. The van der Waals surface area contributed by atoms with Crippen LogP contribution < -0.4 is 5.32 Å². The third-order valence-electron chi connectivity index (χ3n) is 3.97. The summed E-state index contributed by atoms with van der Waals surface area (Å²) in [6, 6.07) is 2.30. The van der Waals surface area contributed by atoms with Gasteiger partial charge in [-0.3, -0.25) is 0 Å². The smallest absolute Gasteiger partial charge is 0.337 e. The lowest BCUT2D eigenvalue weighted by Gasteiger charge is -2.29. The Labute approximate surface area is 108 Å². The summed E-state index contributed by atoms with van der Waals surface area (Å²) in [6.45, 7) is 4.82. The Hall–Kier alpha value is -1.29. The highest BCUT2D eigenvalue weighted by molar-refractivity contribution is 5.89. The molecule has 1 fully saturated rings. The summed E-state index contributed by atoms with van der Waals surface area (Å²) in [5.74, 6) is -0.144. The van der Waals surface area contributed by atoms with Crippen molar-refractivity contribution in [1.29, 1.82) is 0 Å². The number of nitrogens with one attached hydrogen (secondary N) is 2. The van der Waals surface area contributed by atoms with Crippen LogP contribution in [0.3, 0.4) is 0 Å². The second-order valence-electron chi connectivity index (χ2n) is 5.39. The van der Waals surface area contributed by atoms with Crippen molar-refractivity contribution in [2.45, 2.75) is 52.1 Å². The normalized spacial score (nSPS) is 24.1. The molecule has 100 valence electrons. The minimum absolute atomic E-state index is 0.378. The third kappa shape index (κ3) is 2.93. The number of carbonyl (C=O) groups is 1. The van der Waals surface area contributed by atoms with Gasteiger partial charge in [0.1, 0.15) is 0 Å². The summed E-state index contributed by atoms with van der Waals surface area (Å²) in [4.78, 5) is 14.1. The molecule has 0 aliphatic heterocycles. The molecule has 0 aromatic carbocycles. The van der Waals surface area contributed by atoms with Crippen LogP contribution in [0.1, 0.15) is 54.4 Å². The average Bonchev–Trinajstić information content (AvgIpc) is 2.70. The first-order chi connectivity index (χ1) is 8.58. The third-order valence-corrected chi connectivity index (χ3v) is 3.97. The van der Waals surface area contributed by atoms with Crippen LogP contribution in [-0.2, 0) is 6.54 Å². The molecular formula is C14H22N2O2. The molecule has 0 spiro atoms. The molecule has 0 bridgehead atoms. The van der Waals surface area contributed by atoms with Gasteiger partial charge in [-0.1, -0.05) is 19.8 Å². The van der Waals surface area contributed by atoms with Crippen LogP contribution in [0.2, 0.25) is 0 Å². The van der Waals surface area contributed by atoms with Crippen LogP contribution >= 0.6 is 0 Å². The van der Waals surface area contributed by atoms with E-state index in [2.05, 4.69) is 17.2 Å². The van der Waals surface area contributed by atoms with Crippen LogP contribution in [-0.4, -0.2) is 22.1 Å². The summed E-state index contributed by atoms with van der Waals surface area (Å²) < 4.78 is 0. The maximum Gasteiger partial charge on any atom is 0.337 e.